The molecular formula is C21H17ClN2O4. The third-order valence-electron chi connectivity index (χ3n) is 4.00. The summed E-state index contributed by atoms with van der Waals surface area (Å²) in [6.45, 7) is 2.10. The highest BCUT2D eigenvalue weighted by atomic mass is 35.7. The lowest BCUT2D eigenvalue weighted by molar-refractivity contribution is -2.00. The first-order valence-electron chi connectivity index (χ1n) is 8.37. The Balaban J connectivity index is 0.000000403. The van der Waals surface area contributed by atoms with Crippen LogP contribution in [0.3, 0.4) is 0 Å². The normalized spacial score (nSPS) is 11.0. The Labute approximate surface area is 164 Å². The Morgan fingerprint density at radius 3 is 1.86 bits per heavy atom. The molecule has 2 aromatic carbocycles. The third-order valence-corrected chi connectivity index (χ3v) is 4.00. The molecule has 4 rings (SSSR count). The van der Waals surface area contributed by atoms with Gasteiger partial charge in [-0.05, 0) is 23.5 Å². The lowest BCUT2D eigenvalue weighted by Gasteiger charge is -2.17. The van der Waals surface area contributed by atoms with Crippen LogP contribution in [0.2, 0.25) is 0 Å². The van der Waals surface area contributed by atoms with Gasteiger partial charge in [0, 0.05) is 23.3 Å². The molecule has 0 bridgehead atoms. The molecule has 7 heteroatoms. The Hall–Kier alpha value is -2.87. The number of hydrogen-bond donors (Lipinski definition) is 0. The molecule has 28 heavy (non-hydrogen) atoms. The predicted molar refractivity (Wildman–Crippen MR) is 93.0 cm³/mol. The lowest BCUT2D eigenvalue weighted by Crippen LogP contribution is -2.68. The molecule has 4 aromatic rings. The highest BCUT2D eigenvalue weighted by Gasteiger charge is 2.16. The van der Waals surface area contributed by atoms with Crippen LogP contribution in [0.25, 0.3) is 28.2 Å². The van der Waals surface area contributed by atoms with Crippen LogP contribution in [0.4, 0.5) is 0 Å². The summed E-state index contributed by atoms with van der Waals surface area (Å²) in [5.74, 6) is 0. The molecule has 0 spiro atoms. The molecule has 0 saturated carbocycles. The molecule has 0 fully saturated rings. The van der Waals surface area contributed by atoms with Crippen LogP contribution in [0.1, 0.15) is 5.56 Å². The molecule has 0 aliphatic heterocycles. The van der Waals surface area contributed by atoms with Gasteiger partial charge in [0.2, 0.25) is 0 Å². The second kappa shape index (κ2) is 8.43. The quantitative estimate of drug-likeness (QED) is 0.432. The van der Waals surface area contributed by atoms with E-state index in [0.29, 0.717) is 0 Å². The van der Waals surface area contributed by atoms with E-state index in [-0.39, 0.29) is 0 Å². The summed E-state index contributed by atoms with van der Waals surface area (Å²) in [5, 5.41) is 0. The Bertz CT molecular complexity index is 1060. The number of aromatic nitrogens is 2. The van der Waals surface area contributed by atoms with Crippen molar-refractivity contribution in [3.8, 4) is 22.5 Å². The molecule has 0 atom stereocenters. The van der Waals surface area contributed by atoms with Crippen LogP contribution in [-0.2, 0) is 0 Å². The van der Waals surface area contributed by atoms with Crippen LogP contribution >= 0.6 is 0 Å². The van der Waals surface area contributed by atoms with Gasteiger partial charge in [-0.3, -0.25) is 0 Å². The molecule has 0 amide bonds. The molecule has 0 aliphatic rings. The van der Waals surface area contributed by atoms with Gasteiger partial charge in [0.25, 0.3) is 0 Å². The first-order valence-corrected chi connectivity index (χ1v) is 9.60. The minimum Gasteiger partial charge on any atom is -0.222 e. The molecule has 0 aliphatic carbocycles. The molecule has 2 aromatic heterocycles. The van der Waals surface area contributed by atoms with Gasteiger partial charge in [-0.25, -0.2) is 18.6 Å². The molecule has 6 nitrogen and oxygen atoms in total. The molecule has 2 heterocycles. The topological polar surface area (TPSA) is 109 Å². The van der Waals surface area contributed by atoms with Crippen molar-refractivity contribution in [3.05, 3.63) is 90.6 Å². The Morgan fingerprint density at radius 1 is 0.750 bits per heavy atom. The molecule has 0 radical (unpaired) electrons. The molecular weight excluding hydrogens is 380 g/mol. The second-order valence-electron chi connectivity index (χ2n) is 6.07. The van der Waals surface area contributed by atoms with E-state index in [4.69, 9.17) is 23.6 Å². The lowest BCUT2D eigenvalue weighted by atomic mass is 10.1. The van der Waals surface area contributed by atoms with Gasteiger partial charge in [-0.15, -0.1) is 10.2 Å². The Morgan fingerprint density at radius 2 is 1.29 bits per heavy atom. The van der Waals surface area contributed by atoms with E-state index in [1.54, 1.807) is 0 Å². The summed E-state index contributed by atoms with van der Waals surface area (Å²) in [6, 6.07) is 27.2. The average Bonchev–Trinajstić information content (AvgIpc) is 2.67. The van der Waals surface area contributed by atoms with Gasteiger partial charge in [-0.1, -0.05) is 60.7 Å². The summed E-state index contributed by atoms with van der Waals surface area (Å²) in [4.78, 5) is 4.86. The van der Waals surface area contributed by atoms with E-state index in [1.165, 1.54) is 11.1 Å². The highest BCUT2D eigenvalue weighted by molar-refractivity contribution is 5.67. The maximum atomic E-state index is 8.49. The van der Waals surface area contributed by atoms with Crippen LogP contribution in [0.5, 0.6) is 0 Å². The van der Waals surface area contributed by atoms with Crippen LogP contribution in [0.15, 0.2) is 85.1 Å². The number of benzene rings is 2. The van der Waals surface area contributed by atoms with Crippen molar-refractivity contribution in [2.75, 3.05) is 0 Å². The molecule has 142 valence electrons. The SMILES string of the molecule is Cc1cc[n+]2c(-c3ccccc3)cc(-c3ccccc3)nc2c1.[O-][Cl+3]([O-])([O-])[O-]. The van der Waals surface area contributed by atoms with E-state index < -0.39 is 10.2 Å². The molecule has 0 unspecified atom stereocenters. The largest absolute Gasteiger partial charge is 0.329 e. The van der Waals surface area contributed by atoms with Crippen molar-refractivity contribution in [1.82, 2.24) is 4.98 Å². The maximum absolute atomic E-state index is 8.49. The van der Waals surface area contributed by atoms with E-state index in [0.717, 1.165) is 22.6 Å². The number of pyridine rings is 1. The minimum atomic E-state index is -4.94. The van der Waals surface area contributed by atoms with E-state index >= 15 is 0 Å². The van der Waals surface area contributed by atoms with Crippen LogP contribution < -0.4 is 23.0 Å². The number of fused-ring (bicyclic) bond motifs is 1. The summed E-state index contributed by atoms with van der Waals surface area (Å²) in [7, 11) is -4.94. The number of rotatable bonds is 2. The van der Waals surface area contributed by atoms with E-state index in [1.807, 2.05) is 24.3 Å². The summed E-state index contributed by atoms with van der Waals surface area (Å²) in [5.41, 5.74) is 6.64. The van der Waals surface area contributed by atoms with Gasteiger partial charge in [0.15, 0.2) is 5.69 Å². The predicted octanol–water partition coefficient (Wildman–Crippen LogP) is -0.293. The first-order chi connectivity index (χ1) is 13.3. The van der Waals surface area contributed by atoms with Crippen molar-refractivity contribution in [2.24, 2.45) is 0 Å². The standard InChI is InChI=1S/C21H17N2.ClHO4/c1-16-12-13-23-20(18-10-6-3-7-11-18)15-19(22-21(23)14-16)17-8-4-2-5-9-17;2-1(3,4)5/h2-15H,1H3;(H,2,3,4,5)/q+1;/p-1. The monoisotopic (exact) mass is 396 g/mol. The zero-order valence-corrected chi connectivity index (χ0v) is 15.7. The highest BCUT2D eigenvalue weighted by Crippen LogP contribution is 2.23. The third kappa shape index (κ3) is 5.32. The fourth-order valence-electron chi connectivity index (χ4n) is 2.82. The number of hydrogen-bond acceptors (Lipinski definition) is 5. The zero-order chi connectivity index (χ0) is 20.1. The van der Waals surface area contributed by atoms with Gasteiger partial charge < -0.3 is 0 Å². The van der Waals surface area contributed by atoms with Crippen molar-refractivity contribution in [3.63, 3.8) is 0 Å². The van der Waals surface area contributed by atoms with Crippen molar-refractivity contribution in [2.45, 2.75) is 6.92 Å². The molecule has 0 N–H and O–H groups in total. The van der Waals surface area contributed by atoms with Gasteiger partial charge in [0.05, 0.1) is 6.20 Å². The fraction of sp³-hybridized carbons (Fsp3) is 0.0476. The number of halogens is 1. The van der Waals surface area contributed by atoms with Crippen molar-refractivity contribution >= 4 is 5.65 Å². The van der Waals surface area contributed by atoms with Gasteiger partial charge in [0.1, 0.15) is 5.69 Å². The number of aryl methyl sites for hydroxylation is 1. The minimum absolute atomic E-state index is 0.963. The zero-order valence-electron chi connectivity index (χ0n) is 15.0. The smallest absolute Gasteiger partial charge is 0.222 e. The van der Waals surface area contributed by atoms with Gasteiger partial charge in [-0.2, -0.15) is 4.40 Å². The van der Waals surface area contributed by atoms with E-state index in [9.17, 15) is 0 Å². The first kappa shape index (κ1) is 19.9. The second-order valence-corrected chi connectivity index (χ2v) is 6.82. The number of nitrogens with zero attached hydrogens (tertiary/aromatic N) is 2. The fourth-order valence-corrected chi connectivity index (χ4v) is 2.82. The van der Waals surface area contributed by atoms with Crippen molar-refractivity contribution in [1.29, 1.82) is 0 Å². The van der Waals surface area contributed by atoms with Crippen LogP contribution in [-0.4, -0.2) is 4.98 Å². The summed E-state index contributed by atoms with van der Waals surface area (Å²) < 4.78 is 36.1. The molecule has 0 saturated heterocycles. The average molecular weight is 397 g/mol. The van der Waals surface area contributed by atoms with Crippen molar-refractivity contribution < 1.29 is 33.3 Å². The van der Waals surface area contributed by atoms with E-state index in [2.05, 4.69) is 72.1 Å². The van der Waals surface area contributed by atoms with Gasteiger partial charge >= 0.3 is 5.65 Å². The maximum Gasteiger partial charge on any atom is 0.329 e. The summed E-state index contributed by atoms with van der Waals surface area (Å²) >= 11 is 0. The Kier molecular flexibility index (Phi) is 5.99. The summed E-state index contributed by atoms with van der Waals surface area (Å²) in [6.07, 6.45) is 2.09. The van der Waals surface area contributed by atoms with Crippen LogP contribution in [0, 0.1) is 17.2 Å².